The van der Waals surface area contributed by atoms with Gasteiger partial charge in [-0.05, 0) is 35.9 Å². The summed E-state index contributed by atoms with van der Waals surface area (Å²) >= 11 is 6.27. The number of nitrogens with zero attached hydrogens (tertiary/aromatic N) is 2. The van der Waals surface area contributed by atoms with E-state index < -0.39 is 6.17 Å². The third kappa shape index (κ3) is 3.55. The van der Waals surface area contributed by atoms with Crippen LogP contribution in [0.4, 0.5) is 0 Å². The molecule has 0 bridgehead atoms. The molecule has 1 aliphatic rings. The Kier molecular flexibility index (Phi) is 4.87. The van der Waals surface area contributed by atoms with E-state index >= 15 is 0 Å². The van der Waals surface area contributed by atoms with Crippen LogP contribution in [0.1, 0.15) is 22.9 Å². The van der Waals surface area contributed by atoms with Gasteiger partial charge in [0.05, 0.1) is 0 Å². The second-order valence-corrected chi connectivity index (χ2v) is 10.00. The van der Waals surface area contributed by atoms with Crippen LogP contribution in [0.2, 0.25) is 5.02 Å². The average molecular weight is 526 g/mol. The minimum absolute atomic E-state index is 0.422. The Labute approximate surface area is 228 Å². The van der Waals surface area contributed by atoms with Crippen molar-refractivity contribution in [2.75, 3.05) is 0 Å². The fourth-order valence-electron chi connectivity index (χ4n) is 5.47. The molecule has 0 fully saturated rings. The van der Waals surface area contributed by atoms with Crippen molar-refractivity contribution >= 4 is 67.1 Å². The van der Waals surface area contributed by atoms with E-state index in [4.69, 9.17) is 30.4 Å². The maximum Gasteiger partial charge on any atom is 0.169 e. The number of amidine groups is 2. The van der Waals surface area contributed by atoms with Crippen LogP contribution >= 0.6 is 11.6 Å². The normalized spacial score (nSPS) is 15.6. The standard InChI is InChI=1S/C33H20ClN3O2/c34-20-16-17-22-28(18-20)39-27-15-7-12-24(30(22)27)33-36-31(19-8-2-1-3-9-19)35-32(37-33)23-11-6-14-26-29(23)21-10-4-5-13-25(21)38-26/h1-18,31H,(H,35,36,37). The fourth-order valence-corrected chi connectivity index (χ4v) is 5.63. The maximum absolute atomic E-state index is 6.27. The van der Waals surface area contributed by atoms with Crippen LogP contribution in [0, 0.1) is 0 Å². The van der Waals surface area contributed by atoms with Gasteiger partial charge in [-0.15, -0.1) is 0 Å². The van der Waals surface area contributed by atoms with E-state index in [0.717, 1.165) is 72.2 Å². The van der Waals surface area contributed by atoms with Gasteiger partial charge in [-0.3, -0.25) is 0 Å². The zero-order valence-corrected chi connectivity index (χ0v) is 21.3. The molecule has 0 amide bonds. The van der Waals surface area contributed by atoms with E-state index in [1.807, 2.05) is 78.9 Å². The summed E-state index contributed by atoms with van der Waals surface area (Å²) in [4.78, 5) is 10.2. The highest BCUT2D eigenvalue weighted by atomic mass is 35.5. The maximum atomic E-state index is 6.27. The first kappa shape index (κ1) is 22.1. The van der Waals surface area contributed by atoms with Gasteiger partial charge in [0.2, 0.25) is 0 Å². The Hall–Kier alpha value is -4.87. The molecule has 8 rings (SSSR count). The summed E-state index contributed by atoms with van der Waals surface area (Å²) in [5.74, 6) is 1.46. The monoisotopic (exact) mass is 525 g/mol. The SMILES string of the molecule is Clc1ccc2c(c1)oc1cccc(C3=NC(c4ccccc4)N=C(c4cccc5oc6ccccc6c45)N3)c12. The second kappa shape index (κ2) is 8.58. The first-order valence-electron chi connectivity index (χ1n) is 12.7. The van der Waals surface area contributed by atoms with Gasteiger partial charge in [0.15, 0.2) is 6.17 Å². The van der Waals surface area contributed by atoms with E-state index in [0.29, 0.717) is 5.02 Å². The Bertz CT molecular complexity index is 2120. The van der Waals surface area contributed by atoms with Gasteiger partial charge in [-0.25, -0.2) is 9.98 Å². The number of hydrogen-bond donors (Lipinski definition) is 1. The molecular formula is C33H20ClN3O2. The van der Waals surface area contributed by atoms with E-state index in [1.165, 1.54) is 0 Å². The first-order chi connectivity index (χ1) is 19.2. The van der Waals surface area contributed by atoms with Crippen LogP contribution in [-0.4, -0.2) is 11.7 Å². The highest BCUT2D eigenvalue weighted by Crippen LogP contribution is 2.36. The minimum atomic E-state index is -0.422. The molecule has 5 aromatic carbocycles. The third-order valence-electron chi connectivity index (χ3n) is 7.21. The van der Waals surface area contributed by atoms with Gasteiger partial charge in [-0.1, -0.05) is 84.4 Å². The smallest absolute Gasteiger partial charge is 0.169 e. The van der Waals surface area contributed by atoms with Crippen molar-refractivity contribution in [1.82, 2.24) is 5.32 Å². The lowest BCUT2D eigenvalue weighted by Crippen LogP contribution is -2.36. The third-order valence-corrected chi connectivity index (χ3v) is 7.44. The molecule has 39 heavy (non-hydrogen) atoms. The number of fused-ring (bicyclic) bond motifs is 6. The van der Waals surface area contributed by atoms with Gasteiger partial charge in [0.25, 0.3) is 0 Å². The molecule has 7 aromatic rings. The second-order valence-electron chi connectivity index (χ2n) is 9.56. The van der Waals surface area contributed by atoms with Crippen LogP contribution in [-0.2, 0) is 0 Å². The summed E-state index contributed by atoms with van der Waals surface area (Å²) < 4.78 is 12.3. The predicted molar refractivity (Wildman–Crippen MR) is 158 cm³/mol. The Morgan fingerprint density at radius 2 is 1.15 bits per heavy atom. The van der Waals surface area contributed by atoms with Gasteiger partial charge in [-0.2, -0.15) is 0 Å². The van der Waals surface area contributed by atoms with Crippen LogP contribution in [0.25, 0.3) is 43.9 Å². The zero-order valence-electron chi connectivity index (χ0n) is 20.6. The predicted octanol–water partition coefficient (Wildman–Crippen LogP) is 8.63. The van der Waals surface area contributed by atoms with Gasteiger partial charge in [0.1, 0.15) is 34.0 Å². The fraction of sp³-hybridized carbons (Fsp3) is 0.0303. The van der Waals surface area contributed by atoms with Crippen molar-refractivity contribution in [2.45, 2.75) is 6.17 Å². The van der Waals surface area contributed by atoms with E-state index in [2.05, 4.69) is 35.6 Å². The lowest BCUT2D eigenvalue weighted by molar-refractivity contribution is 0.668. The molecule has 186 valence electrons. The summed E-state index contributed by atoms with van der Waals surface area (Å²) in [5.41, 5.74) is 6.08. The van der Waals surface area contributed by atoms with Crippen molar-refractivity contribution in [3.8, 4) is 0 Å². The molecule has 2 aromatic heterocycles. The lowest BCUT2D eigenvalue weighted by atomic mass is 10.0. The van der Waals surface area contributed by atoms with Crippen molar-refractivity contribution in [3.05, 3.63) is 131 Å². The molecule has 0 spiro atoms. The van der Waals surface area contributed by atoms with E-state index in [1.54, 1.807) is 0 Å². The molecule has 5 nitrogen and oxygen atoms in total. The number of halogens is 1. The van der Waals surface area contributed by atoms with E-state index in [-0.39, 0.29) is 0 Å². The molecule has 1 atom stereocenters. The minimum Gasteiger partial charge on any atom is -0.456 e. The van der Waals surface area contributed by atoms with Gasteiger partial charge >= 0.3 is 0 Å². The molecule has 3 heterocycles. The summed E-state index contributed by atoms with van der Waals surface area (Å²) in [6.07, 6.45) is -0.422. The largest absolute Gasteiger partial charge is 0.456 e. The van der Waals surface area contributed by atoms with Crippen molar-refractivity contribution in [3.63, 3.8) is 0 Å². The van der Waals surface area contributed by atoms with Crippen molar-refractivity contribution < 1.29 is 8.83 Å². The lowest BCUT2D eigenvalue weighted by Gasteiger charge is -2.23. The van der Waals surface area contributed by atoms with Crippen molar-refractivity contribution in [1.29, 1.82) is 0 Å². The number of hydrogen-bond acceptors (Lipinski definition) is 5. The van der Waals surface area contributed by atoms with E-state index in [9.17, 15) is 0 Å². The van der Waals surface area contributed by atoms with Crippen LogP contribution in [0.15, 0.2) is 128 Å². The summed E-state index contributed by atoms with van der Waals surface area (Å²) in [6, 6.07) is 36.1. The molecule has 0 saturated carbocycles. The number of rotatable bonds is 3. The number of furan rings is 2. The number of nitrogens with one attached hydrogen (secondary N) is 1. The molecule has 6 heteroatoms. The van der Waals surface area contributed by atoms with Crippen LogP contribution in [0.5, 0.6) is 0 Å². The Morgan fingerprint density at radius 1 is 0.564 bits per heavy atom. The highest BCUT2D eigenvalue weighted by molar-refractivity contribution is 6.32. The zero-order chi connectivity index (χ0) is 25.9. The molecular weight excluding hydrogens is 506 g/mol. The van der Waals surface area contributed by atoms with Crippen molar-refractivity contribution in [2.24, 2.45) is 9.98 Å². The summed E-state index contributed by atoms with van der Waals surface area (Å²) in [6.45, 7) is 0. The van der Waals surface area contributed by atoms with Crippen LogP contribution in [0.3, 0.4) is 0 Å². The number of para-hydroxylation sites is 1. The molecule has 0 saturated heterocycles. The molecule has 1 aliphatic heterocycles. The van der Waals surface area contributed by atoms with Crippen LogP contribution < -0.4 is 5.32 Å². The molecule has 1 N–H and O–H groups in total. The Morgan fingerprint density at radius 3 is 1.87 bits per heavy atom. The molecule has 1 unspecified atom stereocenters. The summed E-state index contributed by atoms with van der Waals surface area (Å²) in [5, 5.41) is 8.25. The average Bonchev–Trinajstić information content (AvgIpc) is 3.55. The number of benzene rings is 5. The van der Waals surface area contributed by atoms with Gasteiger partial charge in [0, 0.05) is 43.8 Å². The summed E-state index contributed by atoms with van der Waals surface area (Å²) in [7, 11) is 0. The topological polar surface area (TPSA) is 63.0 Å². The Balaban J connectivity index is 1.36. The first-order valence-corrected chi connectivity index (χ1v) is 13.1. The quantitative estimate of drug-likeness (QED) is 0.251. The molecule has 0 radical (unpaired) electrons. The number of aliphatic imine (C=N–C) groups is 2. The van der Waals surface area contributed by atoms with Gasteiger partial charge < -0.3 is 14.2 Å². The molecule has 0 aliphatic carbocycles. The highest BCUT2D eigenvalue weighted by Gasteiger charge is 2.25.